The number of halogens is 2. The van der Waals surface area contributed by atoms with Crippen molar-refractivity contribution < 1.29 is 0 Å². The highest BCUT2D eigenvalue weighted by Gasteiger charge is 2.09. The van der Waals surface area contributed by atoms with Gasteiger partial charge >= 0.3 is 0 Å². The largest absolute Gasteiger partial charge is 0.377 e. The molecule has 3 N–H and O–H groups in total. The second-order valence-electron chi connectivity index (χ2n) is 3.85. The second-order valence-corrected chi connectivity index (χ2v) is 5.11. The number of aromatic nitrogens is 1. The van der Waals surface area contributed by atoms with Crippen LogP contribution >= 0.6 is 27.5 Å². The highest BCUT2D eigenvalue weighted by Crippen LogP contribution is 2.27. The van der Waals surface area contributed by atoms with Crippen molar-refractivity contribution in [1.82, 2.24) is 4.98 Å². The molecule has 94 valence electrons. The Hall–Kier alpha value is -1.10. The third-order valence-corrected chi connectivity index (χ3v) is 3.82. The second kappa shape index (κ2) is 6.18. The number of anilines is 1. The van der Waals surface area contributed by atoms with Gasteiger partial charge in [-0.3, -0.25) is 4.98 Å². The number of hydrogen-bond acceptors (Lipinski definition) is 3. The summed E-state index contributed by atoms with van der Waals surface area (Å²) in [5, 5.41) is 4.01. The molecule has 0 aliphatic heterocycles. The fraction of sp³-hybridized carbons (Fsp3) is 0.154. The minimum atomic E-state index is 0.0240. The van der Waals surface area contributed by atoms with Crippen molar-refractivity contribution in [3.05, 3.63) is 57.8 Å². The molecular formula is C13H13BrClN3. The summed E-state index contributed by atoms with van der Waals surface area (Å²) in [5.41, 5.74) is 7.78. The van der Waals surface area contributed by atoms with Crippen LogP contribution in [0.1, 0.15) is 11.6 Å². The van der Waals surface area contributed by atoms with Crippen LogP contribution in [-0.2, 0) is 0 Å². The van der Waals surface area contributed by atoms with Crippen molar-refractivity contribution in [2.75, 3.05) is 11.9 Å². The van der Waals surface area contributed by atoms with Crippen LogP contribution in [0.3, 0.4) is 0 Å². The maximum Gasteiger partial charge on any atom is 0.0651 e. The zero-order chi connectivity index (χ0) is 13.0. The minimum absolute atomic E-state index is 0.0240. The molecule has 1 unspecified atom stereocenters. The summed E-state index contributed by atoms with van der Waals surface area (Å²) in [4.78, 5) is 4.10. The number of rotatable bonds is 4. The van der Waals surface area contributed by atoms with Crippen LogP contribution in [-0.4, -0.2) is 11.5 Å². The van der Waals surface area contributed by atoms with Crippen molar-refractivity contribution >= 4 is 33.2 Å². The third kappa shape index (κ3) is 3.22. The molecule has 0 aliphatic carbocycles. The quantitative estimate of drug-likeness (QED) is 0.902. The average Bonchev–Trinajstić information content (AvgIpc) is 2.41. The average molecular weight is 327 g/mol. The molecule has 0 radical (unpaired) electrons. The van der Waals surface area contributed by atoms with E-state index in [0.717, 1.165) is 15.7 Å². The summed E-state index contributed by atoms with van der Waals surface area (Å²) < 4.78 is 0.875. The number of nitrogens with zero attached hydrogens (tertiary/aromatic N) is 1. The molecule has 0 spiro atoms. The van der Waals surface area contributed by atoms with E-state index in [2.05, 4.69) is 26.2 Å². The first-order chi connectivity index (χ1) is 8.70. The lowest BCUT2D eigenvalue weighted by molar-refractivity contribution is 0.785. The Kier molecular flexibility index (Phi) is 4.58. The molecule has 1 aromatic carbocycles. The standard InChI is InChI=1S/C13H13BrClN3/c14-11-4-3-10(6-12(11)15)18-13(7-16)9-2-1-5-17-8-9/h1-6,8,13,18H,7,16H2. The van der Waals surface area contributed by atoms with Gasteiger partial charge in [-0.1, -0.05) is 17.7 Å². The third-order valence-electron chi connectivity index (χ3n) is 2.58. The molecular weight excluding hydrogens is 314 g/mol. The van der Waals surface area contributed by atoms with Gasteiger partial charge in [0, 0.05) is 29.1 Å². The van der Waals surface area contributed by atoms with Crippen molar-refractivity contribution in [2.24, 2.45) is 5.73 Å². The van der Waals surface area contributed by atoms with Crippen LogP contribution in [0.4, 0.5) is 5.69 Å². The monoisotopic (exact) mass is 325 g/mol. The van der Waals surface area contributed by atoms with Gasteiger partial charge in [0.05, 0.1) is 11.1 Å². The molecule has 2 aromatic rings. The Morgan fingerprint density at radius 3 is 2.83 bits per heavy atom. The van der Waals surface area contributed by atoms with E-state index in [1.165, 1.54) is 0 Å². The van der Waals surface area contributed by atoms with Crippen LogP contribution in [0, 0.1) is 0 Å². The van der Waals surface area contributed by atoms with E-state index >= 15 is 0 Å². The van der Waals surface area contributed by atoms with Crippen molar-refractivity contribution in [2.45, 2.75) is 6.04 Å². The fourth-order valence-corrected chi connectivity index (χ4v) is 2.07. The molecule has 3 nitrogen and oxygen atoms in total. The molecule has 1 heterocycles. The summed E-state index contributed by atoms with van der Waals surface area (Å²) in [5.74, 6) is 0. The van der Waals surface area contributed by atoms with E-state index in [1.807, 2.05) is 36.5 Å². The lowest BCUT2D eigenvalue weighted by atomic mass is 10.1. The molecule has 0 saturated carbocycles. The predicted octanol–water partition coefficient (Wildman–Crippen LogP) is 3.61. The summed E-state index contributed by atoms with van der Waals surface area (Å²) >= 11 is 9.42. The molecule has 5 heteroatoms. The maximum atomic E-state index is 6.06. The van der Waals surface area contributed by atoms with Crippen LogP contribution in [0.5, 0.6) is 0 Å². The smallest absolute Gasteiger partial charge is 0.0651 e. The summed E-state index contributed by atoms with van der Waals surface area (Å²) in [7, 11) is 0. The number of benzene rings is 1. The molecule has 1 aromatic heterocycles. The van der Waals surface area contributed by atoms with Gasteiger partial charge in [-0.25, -0.2) is 0 Å². The van der Waals surface area contributed by atoms with Gasteiger partial charge in [0.15, 0.2) is 0 Å². The van der Waals surface area contributed by atoms with Gasteiger partial charge in [-0.2, -0.15) is 0 Å². The number of pyridine rings is 1. The van der Waals surface area contributed by atoms with E-state index < -0.39 is 0 Å². The van der Waals surface area contributed by atoms with Crippen LogP contribution in [0.15, 0.2) is 47.2 Å². The topological polar surface area (TPSA) is 50.9 Å². The fourth-order valence-electron chi connectivity index (χ4n) is 1.65. The SMILES string of the molecule is NCC(Nc1ccc(Br)c(Cl)c1)c1cccnc1. The zero-order valence-electron chi connectivity index (χ0n) is 9.61. The first-order valence-corrected chi connectivity index (χ1v) is 6.69. The summed E-state index contributed by atoms with van der Waals surface area (Å²) in [6.07, 6.45) is 3.55. The van der Waals surface area contributed by atoms with E-state index in [0.29, 0.717) is 11.6 Å². The molecule has 1 atom stereocenters. The van der Waals surface area contributed by atoms with E-state index in [-0.39, 0.29) is 6.04 Å². The summed E-state index contributed by atoms with van der Waals surface area (Å²) in [6.45, 7) is 0.485. The lowest BCUT2D eigenvalue weighted by Gasteiger charge is -2.18. The Balaban J connectivity index is 2.18. The summed E-state index contributed by atoms with van der Waals surface area (Å²) in [6, 6.07) is 9.64. The van der Waals surface area contributed by atoms with Crippen molar-refractivity contribution in [1.29, 1.82) is 0 Å². The minimum Gasteiger partial charge on any atom is -0.377 e. The van der Waals surface area contributed by atoms with E-state index in [9.17, 15) is 0 Å². The van der Waals surface area contributed by atoms with Crippen LogP contribution < -0.4 is 11.1 Å². The first-order valence-electron chi connectivity index (χ1n) is 5.52. The van der Waals surface area contributed by atoms with Gasteiger partial charge < -0.3 is 11.1 Å². The van der Waals surface area contributed by atoms with Gasteiger partial charge in [0.1, 0.15) is 0 Å². The Morgan fingerprint density at radius 2 is 2.22 bits per heavy atom. The molecule has 0 amide bonds. The molecule has 0 bridgehead atoms. The number of hydrogen-bond donors (Lipinski definition) is 2. The van der Waals surface area contributed by atoms with Gasteiger partial charge in [0.25, 0.3) is 0 Å². The number of nitrogens with two attached hydrogens (primary N) is 1. The van der Waals surface area contributed by atoms with Crippen molar-refractivity contribution in [3.8, 4) is 0 Å². The molecule has 0 aliphatic rings. The molecule has 18 heavy (non-hydrogen) atoms. The molecule has 0 saturated heterocycles. The highest BCUT2D eigenvalue weighted by atomic mass is 79.9. The van der Waals surface area contributed by atoms with Gasteiger partial charge in [-0.15, -0.1) is 0 Å². The van der Waals surface area contributed by atoms with Gasteiger partial charge in [0.2, 0.25) is 0 Å². The van der Waals surface area contributed by atoms with Crippen LogP contribution in [0.25, 0.3) is 0 Å². The highest BCUT2D eigenvalue weighted by molar-refractivity contribution is 9.10. The number of nitrogens with one attached hydrogen (secondary N) is 1. The molecule has 0 fully saturated rings. The van der Waals surface area contributed by atoms with E-state index in [4.69, 9.17) is 17.3 Å². The van der Waals surface area contributed by atoms with Crippen molar-refractivity contribution in [3.63, 3.8) is 0 Å². The molecule has 2 rings (SSSR count). The maximum absolute atomic E-state index is 6.06. The predicted molar refractivity (Wildman–Crippen MR) is 78.8 cm³/mol. The first kappa shape index (κ1) is 13.3. The van der Waals surface area contributed by atoms with Crippen LogP contribution in [0.2, 0.25) is 5.02 Å². The lowest BCUT2D eigenvalue weighted by Crippen LogP contribution is -2.20. The van der Waals surface area contributed by atoms with Gasteiger partial charge in [-0.05, 0) is 45.8 Å². The Morgan fingerprint density at radius 1 is 1.39 bits per heavy atom. The normalized spacial score (nSPS) is 12.2. The Bertz CT molecular complexity index is 519. The zero-order valence-corrected chi connectivity index (χ0v) is 11.9. The van der Waals surface area contributed by atoms with E-state index in [1.54, 1.807) is 6.20 Å². The Labute approximate surface area is 119 Å².